The van der Waals surface area contributed by atoms with Crippen molar-refractivity contribution in [3.8, 4) is 5.75 Å². The van der Waals surface area contributed by atoms with Gasteiger partial charge in [-0.15, -0.1) is 0 Å². The molecule has 9 heteroatoms. The summed E-state index contributed by atoms with van der Waals surface area (Å²) >= 11 is 5.85. The van der Waals surface area contributed by atoms with Crippen molar-refractivity contribution in [1.29, 1.82) is 0 Å². The second-order valence-electron chi connectivity index (χ2n) is 4.11. The minimum Gasteiger partial charge on any atom is -0.735 e. The summed E-state index contributed by atoms with van der Waals surface area (Å²) in [6.45, 7) is 1.36. The largest absolute Gasteiger partial charge is 1.00 e. The first-order valence-electron chi connectivity index (χ1n) is 5.44. The molecule has 0 aromatic heterocycles. The molecule has 0 aliphatic heterocycles. The minimum absolute atomic E-state index is 0. The fourth-order valence-corrected chi connectivity index (χ4v) is 1.81. The average Bonchev–Trinajstić information content (AvgIpc) is 2.29. The van der Waals surface area contributed by atoms with Gasteiger partial charge in [-0.05, 0) is 30.7 Å². The van der Waals surface area contributed by atoms with Gasteiger partial charge in [-0.2, -0.15) is 0 Å². The van der Waals surface area contributed by atoms with Crippen LogP contribution in [0.5, 0.6) is 5.75 Å². The Morgan fingerprint density at radius 3 is 2.60 bits per heavy atom. The van der Waals surface area contributed by atoms with Gasteiger partial charge in [0.05, 0.1) is 0 Å². The molecular formula is C11H15ClKNO5S. The number of ether oxygens (including phenoxy) is 1. The zero-order chi connectivity index (χ0) is 14.6. The molecule has 1 N–H and O–H groups in total. The molecule has 0 saturated carbocycles. The van der Waals surface area contributed by atoms with Crippen LogP contribution in [0.1, 0.15) is 5.56 Å². The number of benzene rings is 1. The fourth-order valence-electron chi connectivity index (χ4n) is 1.34. The van der Waals surface area contributed by atoms with Gasteiger partial charge in [0, 0.05) is 18.6 Å². The molecule has 0 bridgehead atoms. The van der Waals surface area contributed by atoms with Gasteiger partial charge >= 0.3 is 51.4 Å². The van der Waals surface area contributed by atoms with E-state index in [-0.39, 0.29) is 64.5 Å². The molecule has 108 valence electrons. The van der Waals surface area contributed by atoms with Gasteiger partial charge in [0.2, 0.25) is 0 Å². The van der Waals surface area contributed by atoms with Crippen LogP contribution in [-0.2, 0) is 10.3 Å². The van der Waals surface area contributed by atoms with E-state index in [1.165, 1.54) is 0 Å². The number of nitrogens with zero attached hydrogens (tertiary/aromatic N) is 1. The predicted molar refractivity (Wildman–Crippen MR) is 70.0 cm³/mol. The SMILES string of the molecule is Cc1cc(OCC(O)CN(C)S(=O)(=O)[O-])ccc1Cl.[K+]. The summed E-state index contributed by atoms with van der Waals surface area (Å²) in [5, 5.41) is 10.2. The third-order valence-electron chi connectivity index (χ3n) is 2.42. The fraction of sp³-hybridized carbons (Fsp3) is 0.455. The molecular weight excluding hydrogens is 333 g/mol. The molecule has 1 aromatic carbocycles. The molecule has 0 amide bonds. The van der Waals surface area contributed by atoms with Crippen molar-refractivity contribution in [3.05, 3.63) is 28.8 Å². The Morgan fingerprint density at radius 2 is 2.10 bits per heavy atom. The summed E-state index contributed by atoms with van der Waals surface area (Å²) in [7, 11) is -3.45. The molecule has 0 fully saturated rings. The van der Waals surface area contributed by atoms with Crippen LogP contribution >= 0.6 is 11.6 Å². The maximum atomic E-state index is 10.6. The van der Waals surface area contributed by atoms with Gasteiger partial charge < -0.3 is 14.4 Å². The van der Waals surface area contributed by atoms with Crippen LogP contribution in [0.25, 0.3) is 0 Å². The Morgan fingerprint density at radius 1 is 1.50 bits per heavy atom. The Balaban J connectivity index is 0.00000361. The van der Waals surface area contributed by atoms with Gasteiger partial charge in [0.1, 0.15) is 18.5 Å². The maximum absolute atomic E-state index is 10.6. The van der Waals surface area contributed by atoms with Crippen LogP contribution in [-0.4, -0.2) is 48.7 Å². The summed E-state index contributed by atoms with van der Waals surface area (Å²) in [5.74, 6) is 0.508. The van der Waals surface area contributed by atoms with Crippen molar-refractivity contribution in [1.82, 2.24) is 4.31 Å². The van der Waals surface area contributed by atoms with Crippen molar-refractivity contribution in [3.63, 3.8) is 0 Å². The van der Waals surface area contributed by atoms with Crippen LogP contribution in [0.4, 0.5) is 0 Å². The van der Waals surface area contributed by atoms with E-state index in [0.717, 1.165) is 12.6 Å². The Bertz CT molecular complexity index is 540. The number of halogens is 1. The van der Waals surface area contributed by atoms with Crippen molar-refractivity contribution < 1.29 is 74.2 Å². The molecule has 1 rings (SSSR count). The van der Waals surface area contributed by atoms with E-state index < -0.39 is 16.4 Å². The van der Waals surface area contributed by atoms with Crippen LogP contribution in [0, 0.1) is 6.92 Å². The minimum atomic E-state index is -4.54. The molecule has 0 radical (unpaired) electrons. The third-order valence-corrected chi connectivity index (χ3v) is 3.76. The van der Waals surface area contributed by atoms with E-state index >= 15 is 0 Å². The molecule has 0 spiro atoms. The zero-order valence-electron chi connectivity index (χ0n) is 11.5. The quantitative estimate of drug-likeness (QED) is 0.465. The van der Waals surface area contributed by atoms with Crippen LogP contribution in [0.3, 0.4) is 0 Å². The first-order chi connectivity index (χ1) is 8.70. The predicted octanol–water partition coefficient (Wildman–Crippen LogP) is -2.22. The van der Waals surface area contributed by atoms with Crippen LogP contribution in [0.15, 0.2) is 18.2 Å². The van der Waals surface area contributed by atoms with E-state index in [0.29, 0.717) is 15.1 Å². The molecule has 1 atom stereocenters. The molecule has 20 heavy (non-hydrogen) atoms. The van der Waals surface area contributed by atoms with Crippen molar-refractivity contribution in [2.75, 3.05) is 20.2 Å². The van der Waals surface area contributed by atoms with E-state index in [4.69, 9.17) is 16.3 Å². The summed E-state index contributed by atoms with van der Waals surface area (Å²) in [5.41, 5.74) is 0.827. The van der Waals surface area contributed by atoms with Gasteiger partial charge in [-0.1, -0.05) is 11.6 Å². The van der Waals surface area contributed by atoms with E-state index in [2.05, 4.69) is 0 Å². The number of aryl methyl sites for hydroxylation is 1. The molecule has 1 unspecified atom stereocenters. The van der Waals surface area contributed by atoms with E-state index in [9.17, 15) is 18.1 Å². The normalized spacial score (nSPS) is 12.9. The summed E-state index contributed by atoms with van der Waals surface area (Å²) in [6.07, 6.45) is -1.09. The average molecular weight is 348 g/mol. The molecule has 0 saturated heterocycles. The summed E-state index contributed by atoms with van der Waals surface area (Å²) in [4.78, 5) is 0. The second kappa shape index (κ2) is 9.04. The van der Waals surface area contributed by atoms with E-state index in [1.54, 1.807) is 18.2 Å². The molecule has 0 aliphatic carbocycles. The van der Waals surface area contributed by atoms with Crippen LogP contribution < -0.4 is 56.1 Å². The molecule has 6 nitrogen and oxygen atoms in total. The molecule has 0 heterocycles. The topological polar surface area (TPSA) is 89.9 Å². The Hall–Kier alpha value is 0.776. The van der Waals surface area contributed by atoms with E-state index in [1.807, 2.05) is 6.92 Å². The Labute approximate surface area is 166 Å². The number of aliphatic hydroxyl groups is 1. The molecule has 1 aromatic rings. The number of aliphatic hydroxyl groups excluding tert-OH is 1. The number of hydrogen-bond acceptors (Lipinski definition) is 5. The monoisotopic (exact) mass is 347 g/mol. The third kappa shape index (κ3) is 7.17. The van der Waals surface area contributed by atoms with Crippen molar-refractivity contribution >= 4 is 21.9 Å². The van der Waals surface area contributed by atoms with Crippen molar-refractivity contribution in [2.24, 2.45) is 0 Å². The summed E-state index contributed by atoms with van der Waals surface area (Å²) in [6, 6.07) is 4.99. The van der Waals surface area contributed by atoms with Gasteiger partial charge in [-0.3, -0.25) is 0 Å². The van der Waals surface area contributed by atoms with Gasteiger partial charge in [0.15, 0.2) is 10.3 Å². The number of rotatable bonds is 6. The standard InChI is InChI=1S/C11H16ClNO5S.K/c1-8-5-10(3-4-11(8)12)18-7-9(14)6-13(2)19(15,16)17;/h3-5,9,14H,6-7H2,1-2H3,(H,15,16,17);/q;+1/p-1. The number of hydrogen-bond donors (Lipinski definition) is 1. The zero-order valence-corrected chi connectivity index (χ0v) is 16.2. The first-order valence-corrected chi connectivity index (χ1v) is 7.18. The Kier molecular flexibility index (Phi) is 9.39. The molecule has 0 aliphatic rings. The second-order valence-corrected chi connectivity index (χ2v) is 6.00. The first kappa shape index (κ1) is 20.8. The summed E-state index contributed by atoms with van der Waals surface area (Å²) < 4.78 is 37.7. The van der Waals surface area contributed by atoms with Gasteiger partial charge in [-0.25, -0.2) is 12.7 Å². The number of likely N-dealkylation sites (N-methyl/N-ethyl adjacent to an activating group) is 1. The smallest absolute Gasteiger partial charge is 0.735 e. The maximum Gasteiger partial charge on any atom is 1.00 e. The van der Waals surface area contributed by atoms with Crippen LogP contribution in [0.2, 0.25) is 5.02 Å². The van der Waals surface area contributed by atoms with Gasteiger partial charge in [0.25, 0.3) is 0 Å². The van der Waals surface area contributed by atoms with Crippen molar-refractivity contribution in [2.45, 2.75) is 13.0 Å².